The third-order valence-corrected chi connectivity index (χ3v) is 5.17. The molecule has 1 aromatic heterocycles. The number of carbonyl (C=O) groups is 2. The third-order valence-electron chi connectivity index (χ3n) is 3.38. The van der Waals surface area contributed by atoms with Crippen molar-refractivity contribution >= 4 is 50.6 Å². The molecule has 150 valence electrons. The van der Waals surface area contributed by atoms with E-state index in [4.69, 9.17) is 11.6 Å². The Morgan fingerprint density at radius 2 is 1.89 bits per heavy atom. The van der Waals surface area contributed by atoms with Crippen LogP contribution in [-0.2, 0) is 14.8 Å². The Hall–Kier alpha value is -2.72. The molecule has 2 amide bonds. The second-order valence-electron chi connectivity index (χ2n) is 5.77. The summed E-state index contributed by atoms with van der Waals surface area (Å²) in [5, 5.41) is 4.70. The van der Waals surface area contributed by atoms with E-state index in [1.54, 1.807) is 6.92 Å². The number of aromatic nitrogens is 1. The number of rotatable bonds is 7. The minimum absolute atomic E-state index is 0.184. The van der Waals surface area contributed by atoms with Crippen LogP contribution in [0.25, 0.3) is 0 Å². The minimum Gasteiger partial charge on any atom is -0.320 e. The fourth-order valence-electron chi connectivity index (χ4n) is 2.24. The Kier molecular flexibility index (Phi) is 6.92. The highest BCUT2D eigenvalue weighted by Crippen LogP contribution is 2.27. The van der Waals surface area contributed by atoms with Gasteiger partial charge in [0.15, 0.2) is 5.82 Å². The fourth-order valence-corrected chi connectivity index (χ4v) is 3.61. The zero-order chi connectivity index (χ0) is 20.9. The molecule has 0 spiro atoms. The molecule has 8 nitrogen and oxygen atoms in total. The first-order chi connectivity index (χ1) is 13.1. The van der Waals surface area contributed by atoms with E-state index in [0.717, 1.165) is 6.07 Å². The lowest BCUT2D eigenvalue weighted by atomic mass is 10.1. The van der Waals surface area contributed by atoms with Crippen LogP contribution in [0.15, 0.2) is 30.5 Å². The van der Waals surface area contributed by atoms with Crippen molar-refractivity contribution in [2.45, 2.75) is 20.3 Å². The molecule has 0 saturated carbocycles. The largest absolute Gasteiger partial charge is 0.320 e. The summed E-state index contributed by atoms with van der Waals surface area (Å²) in [6.07, 6.45) is 1.61. The van der Waals surface area contributed by atoms with Crippen molar-refractivity contribution in [3.63, 3.8) is 0 Å². The molecule has 0 bridgehead atoms. The van der Waals surface area contributed by atoms with Gasteiger partial charge in [0, 0.05) is 6.92 Å². The number of nitrogens with zero attached hydrogens (tertiary/aromatic N) is 1. The summed E-state index contributed by atoms with van der Waals surface area (Å²) >= 11 is 5.94. The maximum absolute atomic E-state index is 14.7. The second kappa shape index (κ2) is 8.98. The highest BCUT2D eigenvalue weighted by atomic mass is 35.5. The number of hydrogen-bond donors (Lipinski definition) is 3. The van der Waals surface area contributed by atoms with Crippen molar-refractivity contribution in [3.8, 4) is 0 Å². The molecule has 1 aromatic carbocycles. The first kappa shape index (κ1) is 21.6. The molecule has 11 heteroatoms. The van der Waals surface area contributed by atoms with Gasteiger partial charge in [-0.15, -0.1) is 0 Å². The van der Waals surface area contributed by atoms with Gasteiger partial charge in [-0.1, -0.05) is 18.5 Å². The van der Waals surface area contributed by atoms with Gasteiger partial charge in [0.1, 0.15) is 5.82 Å². The van der Waals surface area contributed by atoms with Crippen LogP contribution in [0, 0.1) is 5.82 Å². The summed E-state index contributed by atoms with van der Waals surface area (Å²) in [6, 6.07) is 5.27. The standard InChI is InChI=1S/C17H18ClFN4O4S/c1-3-8-28(26,27)23-13-6-5-12(18)15(16(13)19)17(25)22-11-4-7-14(20-9-11)21-10(2)24/h4-7,9,23H,3,8H2,1-2H3,(H,22,25)(H,20,21,24). The number of carbonyl (C=O) groups excluding carboxylic acids is 2. The first-order valence-electron chi connectivity index (χ1n) is 8.16. The van der Waals surface area contributed by atoms with Crippen LogP contribution in [0.1, 0.15) is 30.6 Å². The van der Waals surface area contributed by atoms with Gasteiger partial charge in [-0.05, 0) is 30.7 Å². The maximum Gasteiger partial charge on any atom is 0.260 e. The molecule has 0 aliphatic rings. The van der Waals surface area contributed by atoms with Crippen molar-refractivity contribution in [1.29, 1.82) is 0 Å². The summed E-state index contributed by atoms with van der Waals surface area (Å²) in [6.45, 7) is 2.99. The van der Waals surface area contributed by atoms with Crippen LogP contribution in [0.4, 0.5) is 21.6 Å². The maximum atomic E-state index is 14.7. The molecule has 2 aromatic rings. The topological polar surface area (TPSA) is 117 Å². The fraction of sp³-hybridized carbons (Fsp3) is 0.235. The van der Waals surface area contributed by atoms with Crippen LogP contribution >= 0.6 is 11.6 Å². The molecule has 0 saturated heterocycles. The van der Waals surface area contributed by atoms with Gasteiger partial charge in [-0.2, -0.15) is 0 Å². The molecular formula is C17H18ClFN4O4S. The molecule has 2 rings (SSSR count). The Morgan fingerprint density at radius 3 is 2.46 bits per heavy atom. The van der Waals surface area contributed by atoms with Crippen molar-refractivity contribution < 1.29 is 22.4 Å². The average molecular weight is 429 g/mol. The second-order valence-corrected chi connectivity index (χ2v) is 8.02. The molecule has 0 radical (unpaired) electrons. The Balaban J connectivity index is 2.25. The molecule has 0 unspecified atom stereocenters. The summed E-state index contributed by atoms with van der Waals surface area (Å²) in [5.41, 5.74) is -0.655. The van der Waals surface area contributed by atoms with Crippen LogP contribution in [-0.4, -0.2) is 31.0 Å². The van der Waals surface area contributed by atoms with Crippen molar-refractivity contribution in [2.24, 2.45) is 0 Å². The van der Waals surface area contributed by atoms with Crippen LogP contribution < -0.4 is 15.4 Å². The van der Waals surface area contributed by atoms with E-state index in [2.05, 4.69) is 20.3 Å². The Labute approximate surface area is 166 Å². The number of anilines is 3. The number of halogens is 2. The van der Waals surface area contributed by atoms with E-state index in [1.165, 1.54) is 31.3 Å². The van der Waals surface area contributed by atoms with Gasteiger partial charge < -0.3 is 10.6 Å². The molecule has 0 aliphatic heterocycles. The summed E-state index contributed by atoms with van der Waals surface area (Å²) in [5.74, 6) is -2.19. The zero-order valence-corrected chi connectivity index (χ0v) is 16.6. The predicted molar refractivity (Wildman–Crippen MR) is 106 cm³/mol. The van der Waals surface area contributed by atoms with Gasteiger partial charge in [0.25, 0.3) is 5.91 Å². The van der Waals surface area contributed by atoms with Crippen LogP contribution in [0.5, 0.6) is 0 Å². The third kappa shape index (κ3) is 5.64. The van der Waals surface area contributed by atoms with E-state index in [1.807, 2.05) is 0 Å². The van der Waals surface area contributed by atoms with E-state index < -0.39 is 27.3 Å². The first-order valence-corrected chi connectivity index (χ1v) is 10.2. The van der Waals surface area contributed by atoms with E-state index >= 15 is 0 Å². The Bertz CT molecular complexity index is 997. The highest BCUT2D eigenvalue weighted by molar-refractivity contribution is 7.92. The van der Waals surface area contributed by atoms with Crippen molar-refractivity contribution in [2.75, 3.05) is 21.1 Å². The monoisotopic (exact) mass is 428 g/mol. The molecule has 0 fully saturated rings. The smallest absolute Gasteiger partial charge is 0.260 e. The number of benzene rings is 1. The van der Waals surface area contributed by atoms with Gasteiger partial charge >= 0.3 is 0 Å². The molecule has 1 heterocycles. The normalized spacial score (nSPS) is 11.0. The number of nitrogens with one attached hydrogen (secondary N) is 3. The number of pyridine rings is 1. The molecule has 28 heavy (non-hydrogen) atoms. The quantitative estimate of drug-likeness (QED) is 0.625. The van der Waals surface area contributed by atoms with E-state index in [-0.39, 0.29) is 33.9 Å². The van der Waals surface area contributed by atoms with Crippen molar-refractivity contribution in [1.82, 2.24) is 4.98 Å². The minimum atomic E-state index is -3.75. The lowest BCUT2D eigenvalue weighted by Gasteiger charge is -2.13. The highest BCUT2D eigenvalue weighted by Gasteiger charge is 2.22. The molecular weight excluding hydrogens is 411 g/mol. The zero-order valence-electron chi connectivity index (χ0n) is 15.0. The van der Waals surface area contributed by atoms with Gasteiger partial charge in [0.2, 0.25) is 15.9 Å². The van der Waals surface area contributed by atoms with Crippen LogP contribution in [0.3, 0.4) is 0 Å². The summed E-state index contributed by atoms with van der Waals surface area (Å²) in [4.78, 5) is 27.4. The average Bonchev–Trinajstić information content (AvgIpc) is 2.59. The van der Waals surface area contributed by atoms with Crippen LogP contribution in [0.2, 0.25) is 5.02 Å². The number of amides is 2. The molecule has 3 N–H and O–H groups in total. The summed E-state index contributed by atoms with van der Waals surface area (Å²) in [7, 11) is -3.75. The van der Waals surface area contributed by atoms with Gasteiger partial charge in [-0.3, -0.25) is 14.3 Å². The summed E-state index contributed by atoms with van der Waals surface area (Å²) < 4.78 is 40.6. The van der Waals surface area contributed by atoms with E-state index in [9.17, 15) is 22.4 Å². The molecule has 0 atom stereocenters. The number of sulfonamides is 1. The SMILES string of the molecule is CCCS(=O)(=O)Nc1ccc(Cl)c(C(=O)Nc2ccc(NC(C)=O)nc2)c1F. The van der Waals surface area contributed by atoms with Crippen molar-refractivity contribution in [3.05, 3.63) is 46.9 Å². The lowest BCUT2D eigenvalue weighted by molar-refractivity contribution is -0.114. The predicted octanol–water partition coefficient (Wildman–Crippen LogP) is 3.24. The Morgan fingerprint density at radius 1 is 1.18 bits per heavy atom. The van der Waals surface area contributed by atoms with Gasteiger partial charge in [-0.25, -0.2) is 17.8 Å². The van der Waals surface area contributed by atoms with Gasteiger partial charge in [0.05, 0.1) is 33.9 Å². The lowest BCUT2D eigenvalue weighted by Crippen LogP contribution is -2.20. The number of hydrogen-bond acceptors (Lipinski definition) is 5. The van der Waals surface area contributed by atoms with E-state index in [0.29, 0.717) is 6.42 Å². The molecule has 0 aliphatic carbocycles.